The van der Waals surface area contributed by atoms with Crippen LogP contribution in [-0.4, -0.2) is 69.9 Å². The third kappa shape index (κ3) is 5.88. The third-order valence-electron chi connectivity index (χ3n) is 7.13. The van der Waals surface area contributed by atoms with Crippen molar-refractivity contribution >= 4 is 21.7 Å². The van der Waals surface area contributed by atoms with Gasteiger partial charge in [0.05, 0.1) is 10.8 Å². The predicted molar refractivity (Wildman–Crippen MR) is 139 cm³/mol. The molecule has 2 fully saturated rings. The number of sulfonamides is 1. The maximum Gasteiger partial charge on any atom is 0.318 e. The molecule has 2 saturated heterocycles. The van der Waals surface area contributed by atoms with E-state index in [0.29, 0.717) is 37.4 Å². The Kier molecular flexibility index (Phi) is 8.14. The van der Waals surface area contributed by atoms with E-state index in [-0.39, 0.29) is 16.8 Å². The summed E-state index contributed by atoms with van der Waals surface area (Å²) in [5.41, 5.74) is 2.76. The fourth-order valence-electron chi connectivity index (χ4n) is 4.92. The number of hydrogen-bond donors (Lipinski definition) is 0. The van der Waals surface area contributed by atoms with Gasteiger partial charge >= 0.3 is 5.97 Å². The maximum absolute atomic E-state index is 13.2. The van der Waals surface area contributed by atoms with Gasteiger partial charge < -0.3 is 14.5 Å². The van der Waals surface area contributed by atoms with E-state index in [9.17, 15) is 13.2 Å². The van der Waals surface area contributed by atoms with Gasteiger partial charge in [0, 0.05) is 38.4 Å². The van der Waals surface area contributed by atoms with Gasteiger partial charge in [0.1, 0.15) is 5.75 Å². The minimum absolute atomic E-state index is 0.240. The Morgan fingerprint density at radius 3 is 2.31 bits per heavy atom. The van der Waals surface area contributed by atoms with E-state index >= 15 is 0 Å². The first-order valence-corrected chi connectivity index (χ1v) is 14.1. The number of nitrogens with zero attached hydrogens (tertiary/aromatic N) is 3. The van der Waals surface area contributed by atoms with Crippen LogP contribution in [0.3, 0.4) is 0 Å². The molecule has 1 atom stereocenters. The monoisotopic (exact) mass is 499 g/mol. The van der Waals surface area contributed by atoms with Crippen molar-refractivity contribution in [3.05, 3.63) is 53.6 Å². The number of carbonyl (C=O) groups excluding carboxylic acids is 1. The van der Waals surface area contributed by atoms with E-state index in [1.54, 1.807) is 29.4 Å². The van der Waals surface area contributed by atoms with E-state index < -0.39 is 10.0 Å². The Morgan fingerprint density at radius 1 is 0.943 bits per heavy atom. The summed E-state index contributed by atoms with van der Waals surface area (Å²) < 4.78 is 33.7. The van der Waals surface area contributed by atoms with Gasteiger partial charge in [-0.1, -0.05) is 19.1 Å². The zero-order valence-electron chi connectivity index (χ0n) is 21.1. The Hall–Kier alpha value is -2.42. The van der Waals surface area contributed by atoms with Crippen LogP contribution in [0.15, 0.2) is 47.4 Å². The van der Waals surface area contributed by atoms with Crippen molar-refractivity contribution in [1.29, 1.82) is 0 Å². The molecular formula is C27H37N3O4S. The lowest BCUT2D eigenvalue weighted by Gasteiger charge is -2.21. The van der Waals surface area contributed by atoms with Gasteiger partial charge in [-0.05, 0) is 87.7 Å². The highest BCUT2D eigenvalue weighted by Gasteiger charge is 2.27. The SMILES string of the molecule is CCC(C(=O)Oc1ccc(S(=O)(=O)N2CCCN(C)CC2)cc1C)c1ccc(N2CCCC2)cc1. The Morgan fingerprint density at radius 2 is 1.66 bits per heavy atom. The molecular weight excluding hydrogens is 462 g/mol. The summed E-state index contributed by atoms with van der Waals surface area (Å²) in [7, 11) is -1.58. The van der Waals surface area contributed by atoms with Gasteiger partial charge in [0.2, 0.25) is 10.0 Å². The van der Waals surface area contributed by atoms with Crippen LogP contribution in [0.4, 0.5) is 5.69 Å². The first-order chi connectivity index (χ1) is 16.8. The molecule has 2 aromatic rings. The summed E-state index contributed by atoms with van der Waals surface area (Å²) in [5, 5.41) is 0. The predicted octanol–water partition coefficient (Wildman–Crippen LogP) is 4.02. The molecule has 7 nitrogen and oxygen atoms in total. The molecule has 0 amide bonds. The lowest BCUT2D eigenvalue weighted by molar-refractivity contribution is -0.136. The summed E-state index contributed by atoms with van der Waals surface area (Å²) in [4.78, 5) is 17.8. The van der Waals surface area contributed by atoms with Gasteiger partial charge in [0.25, 0.3) is 0 Å². The summed E-state index contributed by atoms with van der Waals surface area (Å²) in [6.07, 6.45) is 3.87. The van der Waals surface area contributed by atoms with Gasteiger partial charge in [-0.2, -0.15) is 4.31 Å². The van der Waals surface area contributed by atoms with Crippen molar-refractivity contribution in [2.24, 2.45) is 0 Å². The van der Waals surface area contributed by atoms with Crippen molar-refractivity contribution < 1.29 is 17.9 Å². The highest BCUT2D eigenvalue weighted by atomic mass is 32.2. The molecule has 0 bridgehead atoms. The molecule has 2 aliphatic rings. The van der Waals surface area contributed by atoms with Crippen LogP contribution in [0.1, 0.15) is 49.7 Å². The van der Waals surface area contributed by atoms with Crippen molar-refractivity contribution in [2.45, 2.75) is 50.3 Å². The molecule has 35 heavy (non-hydrogen) atoms. The standard InChI is InChI=1S/C27H37N3O4S/c1-4-25(22-8-10-23(11-9-22)29-15-5-6-16-29)27(31)34-26-13-12-24(20-21(26)2)35(32,33)30-17-7-14-28(3)18-19-30/h8-13,20,25H,4-7,14-19H2,1-3H3. The Labute approximate surface area is 209 Å². The number of aryl methyl sites for hydroxylation is 1. The number of anilines is 1. The second-order valence-electron chi connectivity index (χ2n) is 9.66. The quantitative estimate of drug-likeness (QED) is 0.423. The number of rotatable bonds is 7. The topological polar surface area (TPSA) is 70.2 Å². The van der Waals surface area contributed by atoms with E-state index in [1.807, 2.05) is 26.1 Å². The van der Waals surface area contributed by atoms with Crippen LogP contribution in [0.5, 0.6) is 5.75 Å². The molecule has 8 heteroatoms. The lowest BCUT2D eigenvalue weighted by atomic mass is 9.96. The highest BCUT2D eigenvalue weighted by Crippen LogP contribution is 2.29. The molecule has 0 radical (unpaired) electrons. The van der Waals surface area contributed by atoms with Gasteiger partial charge in [0.15, 0.2) is 0 Å². The molecule has 0 aliphatic carbocycles. The largest absolute Gasteiger partial charge is 0.426 e. The number of likely N-dealkylation sites (N-methyl/N-ethyl adjacent to an activating group) is 1. The number of benzene rings is 2. The molecule has 2 aromatic carbocycles. The number of ether oxygens (including phenoxy) is 1. The summed E-state index contributed by atoms with van der Waals surface area (Å²) in [5.74, 6) is -0.299. The fraction of sp³-hybridized carbons (Fsp3) is 0.519. The Bertz CT molecular complexity index is 1130. The number of hydrogen-bond acceptors (Lipinski definition) is 6. The molecule has 4 rings (SSSR count). The van der Waals surface area contributed by atoms with Gasteiger partial charge in [-0.25, -0.2) is 8.42 Å². The zero-order chi connectivity index (χ0) is 25.0. The van der Waals surface area contributed by atoms with E-state index in [1.165, 1.54) is 18.5 Å². The lowest BCUT2D eigenvalue weighted by Crippen LogP contribution is -2.34. The molecule has 1 unspecified atom stereocenters. The first-order valence-electron chi connectivity index (χ1n) is 12.7. The maximum atomic E-state index is 13.2. The van der Waals surface area contributed by atoms with E-state index in [2.05, 4.69) is 21.9 Å². The van der Waals surface area contributed by atoms with Gasteiger partial charge in [-0.3, -0.25) is 4.79 Å². The second-order valence-corrected chi connectivity index (χ2v) is 11.6. The average Bonchev–Trinajstić information content (AvgIpc) is 3.29. The minimum atomic E-state index is -3.59. The summed E-state index contributed by atoms with van der Waals surface area (Å²) in [6, 6.07) is 13.0. The smallest absolute Gasteiger partial charge is 0.318 e. The second kappa shape index (κ2) is 11.1. The molecule has 2 aliphatic heterocycles. The summed E-state index contributed by atoms with van der Waals surface area (Å²) in [6.45, 7) is 8.51. The minimum Gasteiger partial charge on any atom is -0.426 e. The molecule has 2 heterocycles. The van der Waals surface area contributed by atoms with Gasteiger partial charge in [-0.15, -0.1) is 0 Å². The Balaban J connectivity index is 1.46. The normalized spacial score (nSPS) is 18.9. The molecule has 190 valence electrons. The zero-order valence-corrected chi connectivity index (χ0v) is 21.9. The van der Waals surface area contributed by atoms with Crippen molar-refractivity contribution in [2.75, 3.05) is 51.2 Å². The van der Waals surface area contributed by atoms with Crippen molar-refractivity contribution in [3.8, 4) is 5.75 Å². The first kappa shape index (κ1) is 25.7. The molecule has 0 saturated carbocycles. The molecule has 0 aromatic heterocycles. The van der Waals surface area contributed by atoms with Crippen LogP contribution in [0.25, 0.3) is 0 Å². The van der Waals surface area contributed by atoms with E-state index in [4.69, 9.17) is 4.74 Å². The number of esters is 1. The van der Waals surface area contributed by atoms with Crippen molar-refractivity contribution in [3.63, 3.8) is 0 Å². The molecule has 0 N–H and O–H groups in total. The number of carbonyl (C=O) groups is 1. The fourth-order valence-corrected chi connectivity index (χ4v) is 6.48. The summed E-state index contributed by atoms with van der Waals surface area (Å²) >= 11 is 0. The third-order valence-corrected chi connectivity index (χ3v) is 9.03. The van der Waals surface area contributed by atoms with Crippen LogP contribution in [0, 0.1) is 6.92 Å². The molecule has 0 spiro atoms. The highest BCUT2D eigenvalue weighted by molar-refractivity contribution is 7.89. The van der Waals surface area contributed by atoms with Crippen molar-refractivity contribution in [1.82, 2.24) is 9.21 Å². The van der Waals surface area contributed by atoms with Crippen LogP contribution < -0.4 is 9.64 Å². The van der Waals surface area contributed by atoms with Crippen LogP contribution in [0.2, 0.25) is 0 Å². The van der Waals surface area contributed by atoms with Crippen LogP contribution in [-0.2, 0) is 14.8 Å². The van der Waals surface area contributed by atoms with Crippen LogP contribution >= 0.6 is 0 Å². The van der Waals surface area contributed by atoms with E-state index in [0.717, 1.165) is 31.6 Å². The average molecular weight is 500 g/mol.